The molecule has 3 aromatic rings. The quantitative estimate of drug-likeness (QED) is 0.0145. The molecule has 0 saturated heterocycles. The number of H-pyrrole nitrogens is 1. The number of aromatic nitrogens is 4. The number of anilines is 2. The number of nitrogens with zero attached hydrogens (tertiary/aromatic N) is 3. The van der Waals surface area contributed by atoms with Crippen LogP contribution in [0.25, 0.3) is 11.2 Å². The van der Waals surface area contributed by atoms with Gasteiger partial charge in [-0.2, -0.15) is 4.98 Å². The highest BCUT2D eigenvalue weighted by molar-refractivity contribution is 8.76. The molecule has 104 heavy (non-hydrogen) atoms. The summed E-state index contributed by atoms with van der Waals surface area (Å²) in [5, 5.41) is 70.2. The van der Waals surface area contributed by atoms with E-state index in [1.165, 1.54) is 44.7 Å². The number of carboxylic acid groups (broad SMARTS) is 4. The van der Waals surface area contributed by atoms with Gasteiger partial charge in [0.1, 0.15) is 43.0 Å². The van der Waals surface area contributed by atoms with Crippen molar-refractivity contribution in [2.75, 3.05) is 156 Å². The van der Waals surface area contributed by atoms with Gasteiger partial charge in [0.25, 0.3) is 11.5 Å². The number of ether oxygens (including phenoxy) is 9. The number of nitrogens with two attached hydrogens (primary N) is 1. The van der Waals surface area contributed by atoms with Gasteiger partial charge in [-0.05, 0) is 43.5 Å². The van der Waals surface area contributed by atoms with Crippen molar-refractivity contribution >= 4 is 116 Å². The number of fused-ring (bicyclic) bond motifs is 1. The van der Waals surface area contributed by atoms with Crippen molar-refractivity contribution in [3.05, 3.63) is 52.1 Å². The monoisotopic (exact) mass is 1520 g/mol. The van der Waals surface area contributed by atoms with Gasteiger partial charge in [-0.25, -0.2) is 19.6 Å². The second-order valence-electron chi connectivity index (χ2n) is 21.8. The Morgan fingerprint density at radius 1 is 0.500 bits per heavy atom. The van der Waals surface area contributed by atoms with Gasteiger partial charge in [-0.1, -0.05) is 21.6 Å². The largest absolute Gasteiger partial charge is 0.481 e. The molecule has 1 aromatic carbocycles. The molecule has 3 rings (SSSR count). The summed E-state index contributed by atoms with van der Waals surface area (Å²) in [6, 6.07) is -5.24. The highest BCUT2D eigenvalue weighted by atomic mass is 33.1. The smallest absolute Gasteiger partial charge is 0.327 e. The van der Waals surface area contributed by atoms with E-state index in [-0.39, 0.29) is 114 Å². The Morgan fingerprint density at radius 3 is 1.43 bits per heavy atom. The van der Waals surface area contributed by atoms with Gasteiger partial charge in [-0.3, -0.25) is 57.7 Å². The van der Waals surface area contributed by atoms with E-state index in [0.717, 1.165) is 21.6 Å². The highest BCUT2D eigenvalue weighted by Gasteiger charge is 2.34. The summed E-state index contributed by atoms with van der Waals surface area (Å²) in [5.41, 5.74) is 5.76. The molecule has 0 aliphatic rings. The van der Waals surface area contributed by atoms with Crippen molar-refractivity contribution in [1.29, 1.82) is 0 Å². The van der Waals surface area contributed by atoms with Gasteiger partial charge in [0.2, 0.25) is 47.3 Å². The van der Waals surface area contributed by atoms with E-state index in [4.69, 9.17) is 53.5 Å². The average molecular weight is 1520 g/mol. The van der Waals surface area contributed by atoms with Crippen molar-refractivity contribution < 1.29 is 126 Å². The Balaban J connectivity index is 1.84. The van der Waals surface area contributed by atoms with Crippen LogP contribution < -0.4 is 59.1 Å². The first kappa shape index (κ1) is 89.2. The third-order valence-electron chi connectivity index (χ3n) is 13.9. The number of aromatic amines is 1. The minimum atomic E-state index is -1.97. The molecule has 2 aromatic heterocycles. The van der Waals surface area contributed by atoms with Crippen LogP contribution >= 0.6 is 21.6 Å². The van der Waals surface area contributed by atoms with Crippen LogP contribution in [0.3, 0.4) is 0 Å². The third-order valence-corrected chi connectivity index (χ3v) is 16.2. The lowest BCUT2D eigenvalue weighted by Crippen LogP contribution is -2.62. The number of aliphatic carboxylic acids is 4. The van der Waals surface area contributed by atoms with Crippen LogP contribution in [0.5, 0.6) is 0 Å². The Hall–Kier alpha value is -9.02. The number of hydrogen-bond donors (Lipinski definition) is 16. The lowest BCUT2D eigenvalue weighted by atomic mass is 10.1. The predicted molar refractivity (Wildman–Crippen MR) is 367 cm³/mol. The number of nitrogens with one attached hydrogen (secondary N) is 10. The van der Waals surface area contributed by atoms with Crippen LogP contribution in [0.1, 0.15) is 67.4 Å². The normalized spacial score (nSPS) is 12.8. The first-order chi connectivity index (χ1) is 49.9. The molecular formula is C61H92N14O27S2. The molecule has 0 bridgehead atoms. The van der Waals surface area contributed by atoms with Crippen molar-refractivity contribution in [2.45, 2.75) is 94.2 Å². The Kier molecular flexibility index (Phi) is 45.3. The second kappa shape index (κ2) is 52.9. The first-order valence-corrected chi connectivity index (χ1v) is 34.9. The molecule has 580 valence electrons. The number of amides is 8. The van der Waals surface area contributed by atoms with Crippen LogP contribution in [0.15, 0.2) is 35.3 Å². The number of rotatable bonds is 60. The second-order valence-corrected chi connectivity index (χ2v) is 24.4. The summed E-state index contributed by atoms with van der Waals surface area (Å²) in [5.74, 6) is -14.6. The van der Waals surface area contributed by atoms with Crippen molar-refractivity contribution in [1.82, 2.24) is 62.5 Å². The molecule has 41 nitrogen and oxygen atoms in total. The van der Waals surface area contributed by atoms with E-state index in [2.05, 4.69) is 67.8 Å². The standard InChI is InChI=1S/C61H92N14O27S2/c1-94-17-19-98-25-27-100-23-21-96-15-13-46(77)64-33-43(71-54(85)40(8-11-49(80)81)68-48(79)10-7-42(59(90)91)70-53(84)37-3-5-38(6-4-37)63-31-39-32-66-52-51(67-39)58(89)75-61(62)74-52)56(87)69-41(9-12-50(82)83)55(86)72-44(57(88)73-45(60(92)93)35-104-103-30-29-102-36-76)34-65-47(78)14-16-97-22-24-101-28-26-99-20-18-95-2/h3-6,32,40-45,63,76H,7-31,33-36H2,1-2H3,(H,64,77)(H,65,78)(H,68,79)(H,69,87)(H,70,84)(H,71,85)(H,72,86)(H,73,88)(H,80,81)(H,82,83)(H,90,91)(H,92,93)(H3,62,66,74,75,89)/t40-,41-,42-,43-,44-,45?/m0/s1. The van der Waals surface area contributed by atoms with Crippen LogP contribution in [-0.2, 0) is 102 Å². The van der Waals surface area contributed by atoms with E-state index in [1.54, 1.807) is 0 Å². The van der Waals surface area contributed by atoms with Gasteiger partial charge in [0.05, 0.1) is 118 Å². The Labute approximate surface area is 603 Å². The molecule has 8 amide bonds. The minimum Gasteiger partial charge on any atom is -0.481 e. The van der Waals surface area contributed by atoms with E-state index in [1.807, 2.05) is 0 Å². The molecule has 43 heteroatoms. The highest BCUT2D eigenvalue weighted by Crippen LogP contribution is 2.22. The summed E-state index contributed by atoms with van der Waals surface area (Å²) in [4.78, 5) is 186. The van der Waals surface area contributed by atoms with Crippen molar-refractivity contribution in [3.8, 4) is 0 Å². The molecule has 2 heterocycles. The van der Waals surface area contributed by atoms with Crippen LogP contribution in [0.2, 0.25) is 0 Å². The van der Waals surface area contributed by atoms with E-state index >= 15 is 0 Å². The molecule has 0 saturated carbocycles. The minimum absolute atomic E-state index is 0.0109. The number of carbonyl (C=O) groups excluding carboxylic acids is 8. The first-order valence-electron chi connectivity index (χ1n) is 32.4. The number of carbonyl (C=O) groups is 12. The topological polar surface area (TPSA) is 595 Å². The molecule has 0 radical (unpaired) electrons. The molecule has 0 aliphatic heterocycles. The van der Waals surface area contributed by atoms with Gasteiger partial charge in [-0.15, -0.1) is 0 Å². The summed E-state index contributed by atoms with van der Waals surface area (Å²) in [7, 11) is 5.20. The number of hydrogen-bond acceptors (Lipinski definition) is 30. The number of aliphatic hydroxyl groups excluding tert-OH is 1. The van der Waals surface area contributed by atoms with Gasteiger partial charge in [0, 0.05) is 82.2 Å². The van der Waals surface area contributed by atoms with E-state index in [0.29, 0.717) is 50.2 Å². The molecule has 0 aliphatic carbocycles. The summed E-state index contributed by atoms with van der Waals surface area (Å²) in [6.07, 6.45) is -3.59. The number of nitrogen functional groups attached to an aromatic ring is 1. The van der Waals surface area contributed by atoms with Gasteiger partial charge in [0.15, 0.2) is 11.2 Å². The SMILES string of the molecule is COCCOCCOCCOCCC(=O)NC[C@H](NC(=O)[C@H](CCC(=O)O)NC(=O)[C@H](CNC(=O)CCOCCOCCOCCOC)NC(=O)[C@H](CCC(=O)O)NC(=O)CC[C@H](NC(=O)c1ccc(NCc2cnc3nc(N)[nH]c(=O)c3n2)cc1)C(=O)O)C(=O)NC(CSSCCOCO)C(=O)O. The number of benzene rings is 1. The molecule has 6 atom stereocenters. The fourth-order valence-corrected chi connectivity index (χ4v) is 10.4. The lowest BCUT2D eigenvalue weighted by Gasteiger charge is -2.27. The summed E-state index contributed by atoms with van der Waals surface area (Å²) >= 11 is 0. The number of carboxylic acids is 4. The molecule has 0 fully saturated rings. The Morgan fingerprint density at radius 2 is 0.952 bits per heavy atom. The number of methoxy groups -OCH3 is 2. The zero-order valence-corrected chi connectivity index (χ0v) is 58.9. The zero-order valence-electron chi connectivity index (χ0n) is 57.3. The number of aliphatic hydroxyl groups is 1. The third kappa shape index (κ3) is 39.0. The fourth-order valence-electron chi connectivity index (χ4n) is 8.42. The van der Waals surface area contributed by atoms with Crippen LogP contribution in [0, 0.1) is 0 Å². The van der Waals surface area contributed by atoms with Crippen molar-refractivity contribution in [3.63, 3.8) is 0 Å². The maximum absolute atomic E-state index is 14.5. The molecule has 17 N–H and O–H groups in total. The fraction of sp³-hybridized carbons (Fsp3) is 0.607. The predicted octanol–water partition coefficient (Wildman–Crippen LogP) is -4.14. The maximum atomic E-state index is 14.5. The van der Waals surface area contributed by atoms with Crippen LogP contribution in [0.4, 0.5) is 11.6 Å². The maximum Gasteiger partial charge on any atom is 0.327 e. The van der Waals surface area contributed by atoms with Crippen molar-refractivity contribution in [2.24, 2.45) is 0 Å². The van der Waals surface area contributed by atoms with E-state index in [9.17, 15) is 82.8 Å². The Bertz CT molecular complexity index is 3250. The lowest BCUT2D eigenvalue weighted by molar-refractivity contribution is -0.142. The molecule has 0 spiro atoms. The van der Waals surface area contributed by atoms with Gasteiger partial charge >= 0.3 is 23.9 Å². The average Bonchev–Trinajstić information content (AvgIpc) is 0.813. The van der Waals surface area contributed by atoms with E-state index < -0.39 is 171 Å². The zero-order chi connectivity index (χ0) is 76.4. The summed E-state index contributed by atoms with van der Waals surface area (Å²) < 4.78 is 47.1. The van der Waals surface area contributed by atoms with Gasteiger partial charge < -0.3 is 122 Å². The summed E-state index contributed by atoms with van der Waals surface area (Å²) in [6.45, 7) is 0.697. The molecular weight excluding hydrogens is 1420 g/mol. The molecule has 1 unspecified atom stereocenters. The van der Waals surface area contributed by atoms with Crippen LogP contribution in [-0.4, -0.2) is 298 Å².